The molecular weight excluding hydrogens is 268 g/mol. The summed E-state index contributed by atoms with van der Waals surface area (Å²) in [5, 5.41) is 14.5. The number of thioether (sulfide) groups is 1. The second-order valence-electron chi connectivity index (χ2n) is 5.27. The Labute approximate surface area is 125 Å². The van der Waals surface area contributed by atoms with Crippen molar-refractivity contribution in [2.75, 3.05) is 12.9 Å². The Kier molecular flexibility index (Phi) is 5.13. The molecule has 2 aromatic rings. The lowest BCUT2D eigenvalue weighted by molar-refractivity contribution is 0.275. The van der Waals surface area contributed by atoms with E-state index in [-0.39, 0.29) is 17.9 Å². The normalized spacial score (nSPS) is 14.7. The largest absolute Gasteiger partial charge is 0.395 e. The van der Waals surface area contributed by atoms with Crippen molar-refractivity contribution in [3.63, 3.8) is 0 Å². The lowest BCUT2D eigenvalue weighted by atomic mass is 10.1. The Morgan fingerprint density at radius 1 is 1.35 bits per heavy atom. The highest BCUT2D eigenvalue weighted by molar-refractivity contribution is 7.99. The van der Waals surface area contributed by atoms with Crippen LogP contribution in [0.2, 0.25) is 0 Å². The van der Waals surface area contributed by atoms with E-state index >= 15 is 0 Å². The quantitative estimate of drug-likeness (QED) is 0.859. The first kappa shape index (κ1) is 15.4. The summed E-state index contributed by atoms with van der Waals surface area (Å²) in [6.07, 6.45) is 2.04. The maximum Gasteiger partial charge on any atom is 0.0564 e. The molecule has 2 N–H and O–H groups in total. The molecule has 0 radical (unpaired) electrons. The third-order valence-corrected chi connectivity index (χ3v) is 5.30. The predicted octanol–water partition coefficient (Wildman–Crippen LogP) is 2.69. The number of fused-ring (bicyclic) bond motifs is 1. The van der Waals surface area contributed by atoms with Crippen LogP contribution >= 0.6 is 11.8 Å². The highest BCUT2D eigenvalue weighted by Crippen LogP contribution is 2.24. The maximum absolute atomic E-state index is 9.35. The number of nitrogens with zero attached hydrogens (tertiary/aromatic N) is 1. The van der Waals surface area contributed by atoms with E-state index in [4.69, 9.17) is 0 Å². The molecule has 0 fully saturated rings. The van der Waals surface area contributed by atoms with E-state index in [9.17, 15) is 5.11 Å². The maximum atomic E-state index is 9.35. The SMILES string of the molecule is CSC(CO)C(C)NCc1c(C)c2ccccc2n1C. The first-order chi connectivity index (χ1) is 9.60. The van der Waals surface area contributed by atoms with E-state index in [0.717, 1.165) is 6.54 Å². The number of aliphatic hydroxyl groups is 1. The van der Waals surface area contributed by atoms with Crippen molar-refractivity contribution in [3.05, 3.63) is 35.5 Å². The van der Waals surface area contributed by atoms with Crippen molar-refractivity contribution >= 4 is 22.7 Å². The average Bonchev–Trinajstić information content (AvgIpc) is 2.71. The number of benzene rings is 1. The van der Waals surface area contributed by atoms with Crippen molar-refractivity contribution in [3.8, 4) is 0 Å². The second kappa shape index (κ2) is 6.66. The summed E-state index contributed by atoms with van der Waals surface area (Å²) in [6.45, 7) is 5.36. The van der Waals surface area contributed by atoms with Crippen molar-refractivity contribution in [1.82, 2.24) is 9.88 Å². The highest BCUT2D eigenvalue weighted by atomic mass is 32.2. The fraction of sp³-hybridized carbons (Fsp3) is 0.500. The Hall–Kier alpha value is -0.970. The van der Waals surface area contributed by atoms with Crippen LogP contribution in [0.3, 0.4) is 0 Å². The molecule has 0 saturated carbocycles. The smallest absolute Gasteiger partial charge is 0.0564 e. The molecule has 0 spiro atoms. The lowest BCUT2D eigenvalue weighted by Gasteiger charge is -2.21. The monoisotopic (exact) mass is 292 g/mol. The van der Waals surface area contributed by atoms with E-state index in [0.29, 0.717) is 0 Å². The Morgan fingerprint density at radius 2 is 2.05 bits per heavy atom. The Balaban J connectivity index is 2.18. The van der Waals surface area contributed by atoms with Gasteiger partial charge in [-0.25, -0.2) is 0 Å². The van der Waals surface area contributed by atoms with Gasteiger partial charge in [0.2, 0.25) is 0 Å². The zero-order chi connectivity index (χ0) is 14.7. The van der Waals surface area contributed by atoms with Gasteiger partial charge in [-0.3, -0.25) is 0 Å². The van der Waals surface area contributed by atoms with Crippen molar-refractivity contribution in [2.45, 2.75) is 31.7 Å². The van der Waals surface area contributed by atoms with Crippen LogP contribution < -0.4 is 5.32 Å². The Bertz CT molecular complexity index is 536. The molecule has 110 valence electrons. The number of hydrogen-bond acceptors (Lipinski definition) is 3. The number of rotatable bonds is 6. The third-order valence-electron chi connectivity index (χ3n) is 4.14. The number of aryl methyl sites for hydroxylation is 2. The minimum absolute atomic E-state index is 0.212. The van der Waals surface area contributed by atoms with Gasteiger partial charge in [-0.15, -0.1) is 0 Å². The van der Waals surface area contributed by atoms with Crippen LogP contribution in [0.25, 0.3) is 10.9 Å². The molecule has 0 aliphatic rings. The van der Waals surface area contributed by atoms with Gasteiger partial charge in [0.25, 0.3) is 0 Å². The summed E-state index contributed by atoms with van der Waals surface area (Å²) in [5.41, 5.74) is 3.93. The zero-order valence-electron chi connectivity index (χ0n) is 12.7. The molecule has 0 bridgehead atoms. The number of hydrogen-bond donors (Lipinski definition) is 2. The van der Waals surface area contributed by atoms with Gasteiger partial charge >= 0.3 is 0 Å². The minimum atomic E-state index is 0.212. The van der Waals surface area contributed by atoms with Crippen LogP contribution in [0, 0.1) is 6.92 Å². The molecule has 0 amide bonds. The summed E-state index contributed by atoms with van der Waals surface area (Å²) >= 11 is 1.71. The summed E-state index contributed by atoms with van der Waals surface area (Å²) in [7, 11) is 2.12. The number of aromatic nitrogens is 1. The van der Waals surface area contributed by atoms with Crippen LogP contribution in [0.4, 0.5) is 0 Å². The molecule has 1 heterocycles. The van der Waals surface area contributed by atoms with Crippen LogP contribution in [0.15, 0.2) is 24.3 Å². The summed E-state index contributed by atoms with van der Waals surface area (Å²) < 4.78 is 2.26. The average molecular weight is 292 g/mol. The lowest BCUT2D eigenvalue weighted by Crippen LogP contribution is -2.37. The van der Waals surface area contributed by atoms with E-state index in [1.54, 1.807) is 11.8 Å². The van der Waals surface area contributed by atoms with Crippen LogP contribution in [-0.4, -0.2) is 33.8 Å². The molecule has 20 heavy (non-hydrogen) atoms. The molecular formula is C16H24N2OS. The zero-order valence-corrected chi connectivity index (χ0v) is 13.5. The van der Waals surface area contributed by atoms with Crippen LogP contribution in [0.1, 0.15) is 18.2 Å². The molecule has 1 aromatic carbocycles. The summed E-state index contributed by atoms with van der Waals surface area (Å²) in [4.78, 5) is 0. The van der Waals surface area contributed by atoms with Gasteiger partial charge in [-0.05, 0) is 31.7 Å². The van der Waals surface area contributed by atoms with E-state index in [2.05, 4.69) is 55.0 Å². The van der Waals surface area contributed by atoms with Crippen LogP contribution in [-0.2, 0) is 13.6 Å². The van der Waals surface area contributed by atoms with E-state index in [1.165, 1.54) is 22.2 Å². The molecule has 2 rings (SSSR count). The first-order valence-corrected chi connectivity index (χ1v) is 8.28. The van der Waals surface area contributed by atoms with Crippen molar-refractivity contribution in [1.29, 1.82) is 0 Å². The minimum Gasteiger partial charge on any atom is -0.395 e. The summed E-state index contributed by atoms with van der Waals surface area (Å²) in [6, 6.07) is 8.79. The summed E-state index contributed by atoms with van der Waals surface area (Å²) in [5.74, 6) is 0. The fourth-order valence-electron chi connectivity index (χ4n) is 2.71. The fourth-order valence-corrected chi connectivity index (χ4v) is 3.37. The second-order valence-corrected chi connectivity index (χ2v) is 6.35. The van der Waals surface area contributed by atoms with Crippen molar-refractivity contribution in [2.24, 2.45) is 7.05 Å². The van der Waals surface area contributed by atoms with Gasteiger partial charge in [0.15, 0.2) is 0 Å². The number of para-hydroxylation sites is 1. The van der Waals surface area contributed by atoms with Crippen LogP contribution in [0.5, 0.6) is 0 Å². The standard InChI is InChI=1S/C16H24N2OS/c1-11-13-7-5-6-8-14(13)18(3)15(11)9-17-12(2)16(10-19)20-4/h5-8,12,16-17,19H,9-10H2,1-4H3. The number of nitrogens with one attached hydrogen (secondary N) is 1. The topological polar surface area (TPSA) is 37.2 Å². The predicted molar refractivity (Wildman–Crippen MR) is 88.3 cm³/mol. The van der Waals surface area contributed by atoms with Gasteiger partial charge < -0.3 is 15.0 Å². The number of aliphatic hydroxyl groups excluding tert-OH is 1. The van der Waals surface area contributed by atoms with E-state index < -0.39 is 0 Å². The molecule has 1 aromatic heterocycles. The van der Waals surface area contributed by atoms with Gasteiger partial charge in [0.05, 0.1) is 6.61 Å². The molecule has 0 saturated heterocycles. The van der Waals surface area contributed by atoms with Gasteiger partial charge in [-0.2, -0.15) is 11.8 Å². The van der Waals surface area contributed by atoms with E-state index in [1.807, 2.05) is 6.26 Å². The van der Waals surface area contributed by atoms with Crippen molar-refractivity contribution < 1.29 is 5.11 Å². The van der Waals surface area contributed by atoms with Gasteiger partial charge in [-0.1, -0.05) is 18.2 Å². The molecule has 2 atom stereocenters. The molecule has 0 aliphatic carbocycles. The molecule has 4 heteroatoms. The third kappa shape index (κ3) is 2.87. The molecule has 2 unspecified atom stereocenters. The first-order valence-electron chi connectivity index (χ1n) is 7.00. The van der Waals surface area contributed by atoms with Gasteiger partial charge in [0, 0.05) is 41.5 Å². The van der Waals surface area contributed by atoms with Gasteiger partial charge in [0.1, 0.15) is 0 Å². The molecule has 0 aliphatic heterocycles. The highest BCUT2D eigenvalue weighted by Gasteiger charge is 2.16. The molecule has 3 nitrogen and oxygen atoms in total. The Morgan fingerprint density at radius 3 is 2.65 bits per heavy atom.